The maximum atomic E-state index is 12.6. The van der Waals surface area contributed by atoms with Gasteiger partial charge in [-0.1, -0.05) is 29.3 Å². The molecule has 2 rings (SSSR count). The lowest BCUT2D eigenvalue weighted by Crippen LogP contribution is -2.26. The topological polar surface area (TPSA) is 37.4 Å². The van der Waals surface area contributed by atoms with Crippen LogP contribution >= 0.6 is 46.1 Å². The van der Waals surface area contributed by atoms with Gasteiger partial charge in [-0.15, -0.1) is 22.9 Å². The van der Waals surface area contributed by atoms with Crippen LogP contribution in [0.1, 0.15) is 10.4 Å². The average molecular weight is 385 g/mol. The molecule has 0 N–H and O–H groups in total. The van der Waals surface area contributed by atoms with E-state index in [2.05, 4.69) is 0 Å². The normalized spacial score (nSPS) is 12.0. The number of benzene rings is 1. The first-order chi connectivity index (χ1) is 9.86. The predicted octanol–water partition coefficient (Wildman–Crippen LogP) is 4.61. The fourth-order valence-electron chi connectivity index (χ4n) is 1.78. The van der Waals surface area contributed by atoms with E-state index in [9.17, 15) is 8.42 Å². The third kappa shape index (κ3) is 3.73. The van der Waals surface area contributed by atoms with Gasteiger partial charge in [0, 0.05) is 29.4 Å². The van der Waals surface area contributed by atoms with Crippen LogP contribution in [0.2, 0.25) is 10.0 Å². The van der Waals surface area contributed by atoms with Crippen molar-refractivity contribution >= 4 is 56.2 Å². The second-order valence-corrected chi connectivity index (χ2v) is 8.48. The molecule has 0 radical (unpaired) electrons. The summed E-state index contributed by atoms with van der Waals surface area (Å²) in [7, 11) is -2.23. The monoisotopic (exact) mass is 383 g/mol. The van der Waals surface area contributed by atoms with Crippen LogP contribution in [0, 0.1) is 0 Å². The summed E-state index contributed by atoms with van der Waals surface area (Å²) in [4.78, 5) is 0.920. The number of rotatable bonds is 5. The molecule has 3 nitrogen and oxygen atoms in total. The lowest BCUT2D eigenvalue weighted by atomic mass is 10.2. The Balaban J connectivity index is 2.41. The Hall–Kier alpha value is -0.300. The van der Waals surface area contributed by atoms with E-state index >= 15 is 0 Å². The molecule has 2 aromatic rings. The Morgan fingerprint density at radius 3 is 2.57 bits per heavy atom. The van der Waals surface area contributed by atoms with Crippen molar-refractivity contribution in [1.29, 1.82) is 0 Å². The third-order valence-electron chi connectivity index (χ3n) is 2.87. The number of hydrogen-bond donors (Lipinski definition) is 0. The van der Waals surface area contributed by atoms with Crippen molar-refractivity contribution < 1.29 is 8.42 Å². The molecule has 1 aromatic heterocycles. The average Bonchev–Trinajstić information content (AvgIpc) is 2.93. The Morgan fingerprint density at radius 2 is 2.00 bits per heavy atom. The zero-order valence-corrected chi connectivity index (χ0v) is 14.9. The minimum atomic E-state index is -3.74. The minimum Gasteiger partial charge on any atom is -0.207 e. The molecule has 1 heterocycles. The van der Waals surface area contributed by atoms with Crippen molar-refractivity contribution in [2.24, 2.45) is 0 Å². The van der Waals surface area contributed by atoms with Crippen LogP contribution < -0.4 is 0 Å². The maximum Gasteiger partial charge on any atom is 0.244 e. The van der Waals surface area contributed by atoms with Gasteiger partial charge in [0.15, 0.2) is 0 Å². The van der Waals surface area contributed by atoms with E-state index in [0.717, 1.165) is 4.88 Å². The van der Waals surface area contributed by atoms with Gasteiger partial charge in [0.2, 0.25) is 10.0 Å². The van der Waals surface area contributed by atoms with Crippen molar-refractivity contribution in [2.45, 2.75) is 17.3 Å². The van der Waals surface area contributed by atoms with E-state index in [1.165, 1.54) is 28.8 Å². The summed E-state index contributed by atoms with van der Waals surface area (Å²) in [5, 5.41) is 2.30. The van der Waals surface area contributed by atoms with Crippen LogP contribution in [0.4, 0.5) is 0 Å². The lowest BCUT2D eigenvalue weighted by Gasteiger charge is -2.18. The Kier molecular flexibility index (Phi) is 5.57. The van der Waals surface area contributed by atoms with E-state index < -0.39 is 10.0 Å². The molecule has 8 heteroatoms. The van der Waals surface area contributed by atoms with E-state index in [0.29, 0.717) is 5.56 Å². The Bertz CT molecular complexity index is 730. The first-order valence-electron chi connectivity index (χ1n) is 5.89. The number of sulfonamides is 1. The molecule has 114 valence electrons. The predicted molar refractivity (Wildman–Crippen MR) is 89.0 cm³/mol. The largest absolute Gasteiger partial charge is 0.244 e. The summed E-state index contributed by atoms with van der Waals surface area (Å²) in [6, 6.07) is 6.66. The quantitative estimate of drug-likeness (QED) is 0.706. The van der Waals surface area contributed by atoms with Gasteiger partial charge in [-0.2, -0.15) is 4.31 Å². The summed E-state index contributed by atoms with van der Waals surface area (Å²) in [5.41, 5.74) is 0.494. The highest BCUT2D eigenvalue weighted by Crippen LogP contribution is 2.32. The molecule has 1 aromatic carbocycles. The Labute approximate surface area is 143 Å². The molecule has 21 heavy (non-hydrogen) atoms. The summed E-state index contributed by atoms with van der Waals surface area (Å²) in [5.74, 6) is 0.0938. The van der Waals surface area contributed by atoms with Gasteiger partial charge < -0.3 is 0 Å². The van der Waals surface area contributed by atoms with Gasteiger partial charge in [-0.3, -0.25) is 0 Å². The fraction of sp³-hybridized carbons (Fsp3) is 0.231. The molecule has 0 aliphatic rings. The van der Waals surface area contributed by atoms with Crippen molar-refractivity contribution in [1.82, 2.24) is 4.31 Å². The third-order valence-corrected chi connectivity index (χ3v) is 6.62. The highest BCUT2D eigenvalue weighted by Gasteiger charge is 2.26. The number of nitrogens with zero attached hydrogens (tertiary/aromatic N) is 1. The molecular formula is C13H12Cl3NO2S2. The summed E-state index contributed by atoms with van der Waals surface area (Å²) in [6.45, 7) is 0.277. The summed E-state index contributed by atoms with van der Waals surface area (Å²) >= 11 is 19.4. The first-order valence-corrected chi connectivity index (χ1v) is 9.50. The Morgan fingerprint density at radius 1 is 1.29 bits per heavy atom. The summed E-state index contributed by atoms with van der Waals surface area (Å²) < 4.78 is 26.5. The van der Waals surface area contributed by atoms with Crippen molar-refractivity contribution in [3.05, 3.63) is 50.1 Å². The molecule has 0 saturated heterocycles. The maximum absolute atomic E-state index is 12.6. The molecule has 0 unspecified atom stereocenters. The molecule has 0 spiro atoms. The molecule has 0 saturated carbocycles. The minimum absolute atomic E-state index is 0.0219. The van der Waals surface area contributed by atoms with Crippen molar-refractivity contribution in [3.63, 3.8) is 0 Å². The van der Waals surface area contributed by atoms with Gasteiger partial charge in [0.05, 0.1) is 5.02 Å². The second-order valence-electron chi connectivity index (χ2n) is 4.35. The van der Waals surface area contributed by atoms with E-state index in [1.807, 2.05) is 17.5 Å². The van der Waals surface area contributed by atoms with Crippen LogP contribution in [0.15, 0.2) is 34.5 Å². The molecule has 0 aliphatic heterocycles. The van der Waals surface area contributed by atoms with Gasteiger partial charge in [-0.25, -0.2) is 8.42 Å². The highest BCUT2D eigenvalue weighted by molar-refractivity contribution is 7.89. The number of hydrogen-bond acceptors (Lipinski definition) is 3. The number of thiophene rings is 1. The van der Waals surface area contributed by atoms with Gasteiger partial charge in [0.1, 0.15) is 4.90 Å². The fourth-order valence-corrected chi connectivity index (χ4v) is 4.95. The lowest BCUT2D eigenvalue weighted by molar-refractivity contribution is 0.469. The second kappa shape index (κ2) is 6.86. The van der Waals surface area contributed by atoms with Crippen molar-refractivity contribution in [2.75, 3.05) is 7.05 Å². The smallest absolute Gasteiger partial charge is 0.207 e. The van der Waals surface area contributed by atoms with Gasteiger partial charge >= 0.3 is 0 Å². The molecule has 0 aliphatic carbocycles. The number of alkyl halides is 1. The molecule has 0 atom stereocenters. The molecule has 0 amide bonds. The van der Waals surface area contributed by atoms with E-state index in [4.69, 9.17) is 34.8 Å². The zero-order valence-electron chi connectivity index (χ0n) is 11.0. The highest BCUT2D eigenvalue weighted by atomic mass is 35.5. The van der Waals surface area contributed by atoms with Crippen LogP contribution in [0.25, 0.3) is 0 Å². The zero-order chi connectivity index (χ0) is 15.6. The van der Waals surface area contributed by atoms with Gasteiger partial charge in [0.25, 0.3) is 0 Å². The van der Waals surface area contributed by atoms with E-state index in [-0.39, 0.29) is 27.4 Å². The van der Waals surface area contributed by atoms with Crippen LogP contribution in [0.5, 0.6) is 0 Å². The SMILES string of the molecule is CN(Cc1cccs1)S(=O)(=O)c1cc(Cl)cc(CCl)c1Cl. The number of halogens is 3. The first kappa shape index (κ1) is 17.1. The standard InChI is InChI=1S/C13H12Cl3NO2S2/c1-17(8-11-3-2-4-20-11)21(18,19)12-6-10(15)5-9(7-14)13(12)16/h2-6H,7-8H2,1H3. The van der Waals surface area contributed by atoms with Crippen molar-refractivity contribution in [3.8, 4) is 0 Å². The van der Waals surface area contributed by atoms with Crippen LogP contribution in [-0.2, 0) is 22.4 Å². The molecule has 0 bridgehead atoms. The van der Waals surface area contributed by atoms with Gasteiger partial charge in [-0.05, 0) is 29.1 Å². The van der Waals surface area contributed by atoms with Crippen LogP contribution in [0.3, 0.4) is 0 Å². The summed E-state index contributed by atoms with van der Waals surface area (Å²) in [6.07, 6.45) is 0. The van der Waals surface area contributed by atoms with Crippen LogP contribution in [-0.4, -0.2) is 19.8 Å². The molecular weight excluding hydrogens is 373 g/mol. The van der Waals surface area contributed by atoms with E-state index in [1.54, 1.807) is 6.07 Å². The molecule has 0 fully saturated rings.